The highest BCUT2D eigenvalue weighted by molar-refractivity contribution is 8.01. The maximum Gasteiger partial charge on any atom is 0.243 e. The zero-order valence-electron chi connectivity index (χ0n) is 11.8. The van der Waals surface area contributed by atoms with E-state index in [1.807, 2.05) is 25.1 Å². The quantitative estimate of drug-likeness (QED) is 0.929. The molecule has 0 aliphatic carbocycles. The lowest BCUT2D eigenvalue weighted by Gasteiger charge is -2.29. The first-order chi connectivity index (χ1) is 10.0. The Labute approximate surface area is 133 Å². The van der Waals surface area contributed by atoms with Crippen LogP contribution in [0.4, 0.5) is 0 Å². The third kappa shape index (κ3) is 2.64. The van der Waals surface area contributed by atoms with Gasteiger partial charge in [-0.2, -0.15) is 0 Å². The minimum Gasteiger partial charge on any atom is -0.350 e. The van der Waals surface area contributed by atoms with E-state index in [0.29, 0.717) is 23.7 Å². The van der Waals surface area contributed by atoms with Gasteiger partial charge < -0.3 is 10.2 Å². The van der Waals surface area contributed by atoms with Crippen LogP contribution in [0.3, 0.4) is 0 Å². The molecule has 2 aliphatic heterocycles. The number of carbonyl (C=O) groups is 2. The summed E-state index contributed by atoms with van der Waals surface area (Å²) in [5.74, 6) is 0.651. The summed E-state index contributed by atoms with van der Waals surface area (Å²) in [6.07, 6.45) is 1.36. The van der Waals surface area contributed by atoms with Gasteiger partial charge in [0.05, 0.1) is 4.87 Å². The average Bonchev–Trinajstić information content (AvgIpc) is 2.95. The molecule has 0 radical (unpaired) electrons. The Hall–Kier alpha value is -1.20. The topological polar surface area (TPSA) is 49.4 Å². The molecule has 0 saturated carbocycles. The highest BCUT2D eigenvalue weighted by Gasteiger charge is 2.52. The fourth-order valence-corrected chi connectivity index (χ4v) is 4.59. The molecule has 6 heteroatoms. The lowest BCUT2D eigenvalue weighted by molar-refractivity contribution is -0.138. The van der Waals surface area contributed by atoms with Crippen LogP contribution in [0.15, 0.2) is 24.3 Å². The van der Waals surface area contributed by atoms with Crippen molar-refractivity contribution in [2.75, 3.05) is 5.75 Å². The summed E-state index contributed by atoms with van der Waals surface area (Å²) in [4.78, 5) is 26.0. The summed E-state index contributed by atoms with van der Waals surface area (Å²) < 4.78 is 0. The molecule has 1 N–H and O–H groups in total. The summed E-state index contributed by atoms with van der Waals surface area (Å²) in [6, 6.07) is 7.07. The predicted octanol–water partition coefficient (Wildman–Crippen LogP) is 2.41. The number of carbonyl (C=O) groups excluding carboxylic acids is 2. The van der Waals surface area contributed by atoms with Gasteiger partial charge in [-0.15, -0.1) is 11.8 Å². The number of halogens is 1. The Morgan fingerprint density at radius 1 is 1.52 bits per heavy atom. The lowest BCUT2D eigenvalue weighted by atomic mass is 10.2. The number of benzene rings is 1. The first-order valence-corrected chi connectivity index (χ1v) is 8.35. The van der Waals surface area contributed by atoms with Crippen molar-refractivity contribution in [3.63, 3.8) is 0 Å². The number of thioether (sulfide) groups is 1. The van der Waals surface area contributed by atoms with Crippen LogP contribution in [0.1, 0.15) is 25.3 Å². The standard InChI is InChI=1S/C15H17ClN2O2S/c1-15-7-6-13(19)18(15)12(9-21-15)14(20)17-8-10-4-2-3-5-11(10)16/h2-5,12H,6-9H2,1H3,(H,17,20)/t12-,15-/m1/s1. The largest absolute Gasteiger partial charge is 0.350 e. The van der Waals surface area contributed by atoms with E-state index in [-0.39, 0.29) is 22.7 Å². The molecule has 1 aromatic rings. The minimum atomic E-state index is -0.363. The number of rotatable bonds is 3. The first-order valence-electron chi connectivity index (χ1n) is 6.98. The maximum atomic E-state index is 12.4. The molecule has 112 valence electrons. The molecule has 2 aliphatic rings. The fraction of sp³-hybridized carbons (Fsp3) is 0.467. The van der Waals surface area contributed by atoms with E-state index < -0.39 is 0 Å². The SMILES string of the molecule is C[C@@]12CCC(=O)N1[C@@H](C(=O)NCc1ccccc1Cl)CS2. The Balaban J connectivity index is 1.67. The van der Waals surface area contributed by atoms with E-state index in [0.717, 1.165) is 12.0 Å². The van der Waals surface area contributed by atoms with Gasteiger partial charge in [-0.05, 0) is 25.0 Å². The van der Waals surface area contributed by atoms with Gasteiger partial charge in [0, 0.05) is 23.7 Å². The summed E-state index contributed by atoms with van der Waals surface area (Å²) in [5, 5.41) is 3.54. The second kappa shape index (κ2) is 5.54. The minimum absolute atomic E-state index is 0.0837. The van der Waals surface area contributed by atoms with Crippen molar-refractivity contribution in [1.29, 1.82) is 0 Å². The van der Waals surface area contributed by atoms with Crippen molar-refractivity contribution in [2.24, 2.45) is 0 Å². The van der Waals surface area contributed by atoms with E-state index in [4.69, 9.17) is 11.6 Å². The van der Waals surface area contributed by atoms with Gasteiger partial charge in [0.15, 0.2) is 0 Å². The van der Waals surface area contributed by atoms with Crippen molar-refractivity contribution in [3.05, 3.63) is 34.9 Å². The summed E-state index contributed by atoms with van der Waals surface area (Å²) in [5.41, 5.74) is 0.883. The van der Waals surface area contributed by atoms with Crippen molar-refractivity contribution >= 4 is 35.2 Å². The second-order valence-corrected chi connectivity index (χ2v) is 7.48. The van der Waals surface area contributed by atoms with Gasteiger partial charge in [0.25, 0.3) is 0 Å². The maximum absolute atomic E-state index is 12.4. The van der Waals surface area contributed by atoms with Crippen LogP contribution in [0.25, 0.3) is 0 Å². The molecule has 2 amide bonds. The molecule has 21 heavy (non-hydrogen) atoms. The Morgan fingerprint density at radius 3 is 3.05 bits per heavy atom. The molecule has 0 aromatic heterocycles. The first kappa shape index (κ1) is 14.7. The molecule has 1 aromatic carbocycles. The highest BCUT2D eigenvalue weighted by Crippen LogP contribution is 2.47. The molecule has 0 unspecified atom stereocenters. The third-order valence-corrected chi connectivity index (χ3v) is 6.03. The molecule has 4 nitrogen and oxygen atoms in total. The van der Waals surface area contributed by atoms with Gasteiger partial charge in [0.2, 0.25) is 11.8 Å². The number of fused-ring (bicyclic) bond motifs is 1. The van der Waals surface area contributed by atoms with E-state index >= 15 is 0 Å². The summed E-state index contributed by atoms with van der Waals surface area (Å²) in [7, 11) is 0. The number of hydrogen-bond donors (Lipinski definition) is 1. The monoisotopic (exact) mass is 324 g/mol. The second-order valence-electron chi connectivity index (χ2n) is 5.57. The van der Waals surface area contributed by atoms with Crippen LogP contribution in [0.5, 0.6) is 0 Å². The molecule has 2 fully saturated rings. The average molecular weight is 325 g/mol. The summed E-state index contributed by atoms with van der Waals surface area (Å²) >= 11 is 7.78. The van der Waals surface area contributed by atoms with E-state index in [9.17, 15) is 9.59 Å². The molecular formula is C15H17ClN2O2S. The number of nitrogens with one attached hydrogen (secondary N) is 1. The van der Waals surface area contributed by atoms with Gasteiger partial charge in [0.1, 0.15) is 6.04 Å². The molecular weight excluding hydrogens is 308 g/mol. The smallest absolute Gasteiger partial charge is 0.243 e. The zero-order chi connectivity index (χ0) is 15.0. The molecule has 0 spiro atoms. The molecule has 2 heterocycles. The van der Waals surface area contributed by atoms with Crippen LogP contribution in [0, 0.1) is 0 Å². The number of hydrogen-bond acceptors (Lipinski definition) is 3. The van der Waals surface area contributed by atoms with Crippen LogP contribution in [-0.2, 0) is 16.1 Å². The van der Waals surface area contributed by atoms with E-state index in [2.05, 4.69) is 5.32 Å². The van der Waals surface area contributed by atoms with Gasteiger partial charge in [-0.3, -0.25) is 9.59 Å². The lowest BCUT2D eigenvalue weighted by Crippen LogP contribution is -2.49. The third-order valence-electron chi connectivity index (χ3n) is 4.16. The summed E-state index contributed by atoms with van der Waals surface area (Å²) in [6.45, 7) is 2.43. The van der Waals surface area contributed by atoms with Crippen molar-refractivity contribution < 1.29 is 9.59 Å². The Morgan fingerprint density at radius 2 is 2.29 bits per heavy atom. The predicted molar refractivity (Wildman–Crippen MR) is 84.0 cm³/mol. The molecule has 3 rings (SSSR count). The van der Waals surface area contributed by atoms with Gasteiger partial charge in [-0.25, -0.2) is 0 Å². The molecule has 2 saturated heterocycles. The number of amides is 2. The van der Waals surface area contributed by atoms with Crippen LogP contribution < -0.4 is 5.32 Å². The van der Waals surface area contributed by atoms with Crippen LogP contribution in [-0.4, -0.2) is 33.4 Å². The van der Waals surface area contributed by atoms with E-state index in [1.165, 1.54) is 0 Å². The van der Waals surface area contributed by atoms with Crippen molar-refractivity contribution in [2.45, 2.75) is 37.2 Å². The van der Waals surface area contributed by atoms with Crippen LogP contribution >= 0.6 is 23.4 Å². The normalized spacial score (nSPS) is 27.8. The molecule has 0 bridgehead atoms. The van der Waals surface area contributed by atoms with Gasteiger partial charge in [-0.1, -0.05) is 29.8 Å². The fourth-order valence-electron chi connectivity index (χ4n) is 2.96. The van der Waals surface area contributed by atoms with E-state index in [1.54, 1.807) is 22.7 Å². The van der Waals surface area contributed by atoms with Crippen molar-refractivity contribution in [1.82, 2.24) is 10.2 Å². The zero-order valence-corrected chi connectivity index (χ0v) is 13.3. The Bertz CT molecular complexity index is 595. The van der Waals surface area contributed by atoms with Crippen molar-refractivity contribution in [3.8, 4) is 0 Å². The number of nitrogens with zero attached hydrogens (tertiary/aromatic N) is 1. The highest BCUT2D eigenvalue weighted by atomic mass is 35.5. The van der Waals surface area contributed by atoms with Crippen LogP contribution in [0.2, 0.25) is 5.02 Å². The van der Waals surface area contributed by atoms with Gasteiger partial charge >= 0.3 is 0 Å². The molecule has 2 atom stereocenters. The Kier molecular flexibility index (Phi) is 3.88.